The lowest BCUT2D eigenvalue weighted by atomic mass is 9.91. The number of ketones is 1. The molecular weight excluding hydrogens is 328 g/mol. The molecular formula is C22H34O4. The Morgan fingerprint density at radius 2 is 2.15 bits per heavy atom. The van der Waals surface area contributed by atoms with Crippen LogP contribution in [-0.2, 0) is 14.3 Å². The van der Waals surface area contributed by atoms with Gasteiger partial charge in [0.2, 0.25) is 0 Å². The van der Waals surface area contributed by atoms with Gasteiger partial charge in [-0.15, -0.1) is 0 Å². The molecule has 1 aliphatic rings. The molecule has 1 N–H and O–H groups in total. The Morgan fingerprint density at radius 1 is 1.38 bits per heavy atom. The number of esters is 1. The summed E-state index contributed by atoms with van der Waals surface area (Å²) in [5.41, 5.74) is 0. The molecule has 4 heteroatoms. The Labute approximate surface area is 158 Å². The third kappa shape index (κ3) is 8.19. The van der Waals surface area contributed by atoms with Crippen LogP contribution in [0.4, 0.5) is 0 Å². The second-order valence-corrected chi connectivity index (χ2v) is 7.25. The summed E-state index contributed by atoms with van der Waals surface area (Å²) in [6.45, 7) is 4.17. The lowest BCUT2D eigenvalue weighted by Crippen LogP contribution is -2.17. The Bertz CT molecular complexity index is 526. The number of hydrogen-bond donors (Lipinski definition) is 1. The average Bonchev–Trinajstić information content (AvgIpc) is 2.99. The third-order valence-corrected chi connectivity index (χ3v) is 5.11. The quantitative estimate of drug-likeness (QED) is 0.275. The van der Waals surface area contributed by atoms with Gasteiger partial charge in [0.15, 0.2) is 0 Å². The van der Waals surface area contributed by atoms with E-state index < -0.39 is 6.10 Å². The largest absolute Gasteiger partial charge is 0.469 e. The summed E-state index contributed by atoms with van der Waals surface area (Å²) in [5, 5.41) is 10.2. The molecule has 4 unspecified atom stereocenters. The number of ether oxygens (including phenoxy) is 1. The third-order valence-electron chi connectivity index (χ3n) is 5.11. The van der Waals surface area contributed by atoms with Crippen LogP contribution in [0.15, 0.2) is 12.2 Å². The minimum atomic E-state index is -0.605. The zero-order chi connectivity index (χ0) is 19.4. The molecule has 0 radical (unpaired) electrons. The number of hydrogen-bond acceptors (Lipinski definition) is 4. The molecule has 1 rings (SSSR count). The van der Waals surface area contributed by atoms with Gasteiger partial charge in [0.1, 0.15) is 11.9 Å². The van der Waals surface area contributed by atoms with Crippen LogP contribution >= 0.6 is 0 Å². The van der Waals surface area contributed by atoms with E-state index in [9.17, 15) is 14.7 Å². The van der Waals surface area contributed by atoms with Gasteiger partial charge in [-0.25, -0.2) is 0 Å². The summed E-state index contributed by atoms with van der Waals surface area (Å²) in [7, 11) is 1.40. The van der Waals surface area contributed by atoms with Gasteiger partial charge in [0.25, 0.3) is 0 Å². The van der Waals surface area contributed by atoms with Gasteiger partial charge in [-0.2, -0.15) is 0 Å². The Balaban J connectivity index is 2.45. The predicted molar refractivity (Wildman–Crippen MR) is 103 cm³/mol. The fraction of sp³-hybridized carbons (Fsp3) is 0.727. The molecule has 146 valence electrons. The van der Waals surface area contributed by atoms with Gasteiger partial charge in [0, 0.05) is 24.7 Å². The summed E-state index contributed by atoms with van der Waals surface area (Å²) in [5.74, 6) is 6.42. The standard InChI is InChI=1S/C22H34O4/c1-4-5-10-17(2)20(23)15-13-18-14-16-21(24)19(18)11-8-6-7-9-12-22(25)26-3/h6,8,17-20,23H,4-5,7,9-12,14,16H2,1-3H3. The van der Waals surface area contributed by atoms with E-state index >= 15 is 0 Å². The fourth-order valence-corrected chi connectivity index (χ4v) is 3.22. The Kier molecular flexibility index (Phi) is 11.0. The van der Waals surface area contributed by atoms with Crippen LogP contribution in [0.2, 0.25) is 0 Å². The normalized spacial score (nSPS) is 22.1. The molecule has 1 fully saturated rings. The van der Waals surface area contributed by atoms with Crippen molar-refractivity contribution in [1.29, 1.82) is 0 Å². The second kappa shape index (κ2) is 12.7. The van der Waals surface area contributed by atoms with Crippen molar-refractivity contribution in [3.05, 3.63) is 12.2 Å². The van der Waals surface area contributed by atoms with Crippen LogP contribution in [0.1, 0.15) is 71.6 Å². The maximum atomic E-state index is 12.1. The summed E-state index contributed by atoms with van der Waals surface area (Å²) in [4.78, 5) is 23.2. The van der Waals surface area contributed by atoms with Crippen molar-refractivity contribution in [2.24, 2.45) is 17.8 Å². The highest BCUT2D eigenvalue weighted by Gasteiger charge is 2.32. The number of aliphatic hydroxyl groups excluding tert-OH is 1. The molecule has 1 saturated carbocycles. The van der Waals surface area contributed by atoms with Crippen molar-refractivity contribution in [3.63, 3.8) is 0 Å². The molecule has 0 heterocycles. The highest BCUT2D eigenvalue weighted by Crippen LogP contribution is 2.31. The first-order chi connectivity index (χ1) is 12.5. The van der Waals surface area contributed by atoms with E-state index in [4.69, 9.17) is 0 Å². The molecule has 0 aliphatic heterocycles. The molecule has 0 saturated heterocycles. The van der Waals surface area contributed by atoms with Crippen molar-refractivity contribution >= 4 is 11.8 Å². The highest BCUT2D eigenvalue weighted by atomic mass is 16.5. The SMILES string of the molecule is CCCCC(C)C(O)C#CC1CCC(=O)C1CC=CCCCC(=O)OC. The van der Waals surface area contributed by atoms with Crippen LogP contribution in [-0.4, -0.2) is 30.1 Å². The number of carbonyl (C=O) groups is 2. The second-order valence-electron chi connectivity index (χ2n) is 7.25. The summed E-state index contributed by atoms with van der Waals surface area (Å²) in [6.07, 6.45) is 10.7. The van der Waals surface area contributed by atoms with E-state index in [1.807, 2.05) is 19.1 Å². The van der Waals surface area contributed by atoms with E-state index in [2.05, 4.69) is 23.5 Å². The van der Waals surface area contributed by atoms with E-state index in [-0.39, 0.29) is 29.5 Å². The first kappa shape index (κ1) is 22.4. The van der Waals surface area contributed by atoms with E-state index in [0.29, 0.717) is 19.3 Å². The van der Waals surface area contributed by atoms with Gasteiger partial charge in [-0.3, -0.25) is 9.59 Å². The Morgan fingerprint density at radius 3 is 2.85 bits per heavy atom. The number of aliphatic hydroxyl groups is 1. The van der Waals surface area contributed by atoms with Gasteiger partial charge in [0.05, 0.1) is 7.11 Å². The minimum Gasteiger partial charge on any atom is -0.469 e. The first-order valence-corrected chi connectivity index (χ1v) is 9.93. The van der Waals surface area contributed by atoms with Crippen LogP contribution < -0.4 is 0 Å². The van der Waals surface area contributed by atoms with Crippen LogP contribution in [0.3, 0.4) is 0 Å². The highest BCUT2D eigenvalue weighted by molar-refractivity contribution is 5.84. The molecule has 0 amide bonds. The van der Waals surface area contributed by atoms with Gasteiger partial charge >= 0.3 is 5.97 Å². The van der Waals surface area contributed by atoms with Crippen LogP contribution in [0.25, 0.3) is 0 Å². The fourth-order valence-electron chi connectivity index (χ4n) is 3.22. The van der Waals surface area contributed by atoms with Crippen LogP contribution in [0, 0.1) is 29.6 Å². The van der Waals surface area contributed by atoms with Crippen molar-refractivity contribution in [3.8, 4) is 11.8 Å². The molecule has 26 heavy (non-hydrogen) atoms. The zero-order valence-electron chi connectivity index (χ0n) is 16.5. The Hall–Kier alpha value is -1.60. The van der Waals surface area contributed by atoms with Crippen molar-refractivity contribution in [2.75, 3.05) is 7.11 Å². The lowest BCUT2D eigenvalue weighted by molar-refractivity contribution is -0.140. The van der Waals surface area contributed by atoms with Crippen LogP contribution in [0.5, 0.6) is 0 Å². The van der Waals surface area contributed by atoms with Crippen molar-refractivity contribution in [2.45, 2.75) is 77.7 Å². The molecule has 1 aliphatic carbocycles. The number of allylic oxidation sites excluding steroid dienone is 2. The summed E-state index contributed by atoms with van der Waals surface area (Å²) < 4.78 is 4.61. The predicted octanol–water partition coefficient (Wildman–Crippen LogP) is 4.06. The van der Waals surface area contributed by atoms with Crippen molar-refractivity contribution in [1.82, 2.24) is 0 Å². The number of carbonyl (C=O) groups excluding carboxylic acids is 2. The molecule has 0 aromatic rings. The van der Waals surface area contributed by atoms with E-state index in [0.717, 1.165) is 38.5 Å². The van der Waals surface area contributed by atoms with E-state index in [1.165, 1.54) is 7.11 Å². The lowest BCUT2D eigenvalue weighted by Gasteiger charge is -2.14. The number of rotatable bonds is 10. The molecule has 0 aromatic carbocycles. The van der Waals surface area contributed by atoms with Gasteiger partial charge in [-0.05, 0) is 38.0 Å². The van der Waals surface area contributed by atoms with Crippen molar-refractivity contribution < 1.29 is 19.4 Å². The smallest absolute Gasteiger partial charge is 0.305 e. The van der Waals surface area contributed by atoms with Gasteiger partial charge < -0.3 is 9.84 Å². The number of Topliss-reactive ketones (excluding diaryl/α,β-unsaturated/α-hetero) is 1. The molecule has 0 spiro atoms. The minimum absolute atomic E-state index is 0.0512. The molecule has 4 atom stereocenters. The number of unbranched alkanes of at least 4 members (excludes halogenated alkanes) is 2. The van der Waals surface area contributed by atoms with E-state index in [1.54, 1.807) is 0 Å². The summed E-state index contributed by atoms with van der Waals surface area (Å²) >= 11 is 0. The topological polar surface area (TPSA) is 63.6 Å². The molecule has 0 bridgehead atoms. The first-order valence-electron chi connectivity index (χ1n) is 9.93. The average molecular weight is 363 g/mol. The number of methoxy groups -OCH3 is 1. The molecule has 0 aromatic heterocycles. The maximum absolute atomic E-state index is 12.1. The molecule has 4 nitrogen and oxygen atoms in total. The zero-order valence-corrected chi connectivity index (χ0v) is 16.5. The maximum Gasteiger partial charge on any atom is 0.305 e. The van der Waals surface area contributed by atoms with Gasteiger partial charge in [-0.1, -0.05) is 50.7 Å². The monoisotopic (exact) mass is 362 g/mol. The summed E-state index contributed by atoms with van der Waals surface area (Å²) in [6, 6.07) is 0.